The van der Waals surface area contributed by atoms with Crippen LogP contribution in [0.5, 0.6) is 0 Å². The molecule has 2 aliphatic rings. The highest BCUT2D eigenvalue weighted by Gasteiger charge is 2.42. The number of benzene rings is 1. The summed E-state index contributed by atoms with van der Waals surface area (Å²) in [6, 6.07) is 10.2. The molecule has 0 fully saturated rings. The number of hydrogen-bond acceptors (Lipinski definition) is 6. The second-order valence-corrected chi connectivity index (χ2v) is 8.50. The third kappa shape index (κ3) is 3.67. The van der Waals surface area contributed by atoms with Crippen LogP contribution in [0.2, 0.25) is 0 Å². The zero-order chi connectivity index (χ0) is 21.4. The van der Waals surface area contributed by atoms with E-state index in [0.717, 1.165) is 11.3 Å². The van der Waals surface area contributed by atoms with Gasteiger partial charge in [-0.25, -0.2) is 9.37 Å². The summed E-state index contributed by atoms with van der Waals surface area (Å²) in [6.45, 7) is 0. The van der Waals surface area contributed by atoms with E-state index in [1.165, 1.54) is 17.8 Å². The number of carbonyl (C=O) groups is 1. The Morgan fingerprint density at radius 3 is 2.71 bits per heavy atom. The third-order valence-corrected chi connectivity index (χ3v) is 6.59. The lowest BCUT2D eigenvalue weighted by Gasteiger charge is -2.36. The standard InChI is InChI=1S/C23H19FN4O2S/c24-15-5-2-1-4-14(15)12-31-23-27-21-20(22(30)28-23)18(13-8-10-25-11-9-13)19-16(26-21)6-3-7-17(19)29/h1-2,4-6,8-11,18-19H,3,7,12H2,(H2,26,27,28,30)/t18-,19-/m1/s1. The first kappa shape index (κ1) is 19.7. The van der Waals surface area contributed by atoms with Crippen molar-refractivity contribution in [2.45, 2.75) is 29.7 Å². The summed E-state index contributed by atoms with van der Waals surface area (Å²) in [5.74, 6) is -0.274. The lowest BCUT2D eigenvalue weighted by atomic mass is 9.72. The monoisotopic (exact) mass is 434 g/mol. The first-order valence-corrected chi connectivity index (χ1v) is 11.0. The molecule has 6 nitrogen and oxygen atoms in total. The van der Waals surface area contributed by atoms with Gasteiger partial charge in [-0.1, -0.05) is 36.0 Å². The van der Waals surface area contributed by atoms with Crippen molar-refractivity contribution in [3.8, 4) is 0 Å². The number of allylic oxidation sites excluding steroid dienone is 2. The number of H-pyrrole nitrogens is 1. The van der Waals surface area contributed by atoms with Gasteiger partial charge in [-0.15, -0.1) is 0 Å². The zero-order valence-corrected chi connectivity index (χ0v) is 17.3. The molecule has 1 aromatic carbocycles. The van der Waals surface area contributed by atoms with Crippen LogP contribution in [0.3, 0.4) is 0 Å². The molecular weight excluding hydrogens is 415 g/mol. The van der Waals surface area contributed by atoms with Crippen molar-refractivity contribution in [1.29, 1.82) is 0 Å². The highest BCUT2D eigenvalue weighted by Crippen LogP contribution is 2.44. The summed E-state index contributed by atoms with van der Waals surface area (Å²) in [6.07, 6.45) is 6.45. The van der Waals surface area contributed by atoms with Crippen molar-refractivity contribution in [2.75, 3.05) is 5.32 Å². The molecule has 1 aliphatic carbocycles. The van der Waals surface area contributed by atoms with Crippen LogP contribution >= 0.6 is 11.8 Å². The molecule has 5 rings (SSSR count). The summed E-state index contributed by atoms with van der Waals surface area (Å²) >= 11 is 1.26. The maximum atomic E-state index is 13.9. The third-order valence-electron chi connectivity index (χ3n) is 5.67. The maximum absolute atomic E-state index is 13.9. The Balaban J connectivity index is 1.56. The fourth-order valence-electron chi connectivity index (χ4n) is 4.23. The van der Waals surface area contributed by atoms with E-state index in [4.69, 9.17) is 0 Å². The Morgan fingerprint density at radius 1 is 1.10 bits per heavy atom. The van der Waals surface area contributed by atoms with Gasteiger partial charge in [-0.05, 0) is 35.7 Å². The van der Waals surface area contributed by atoms with Crippen molar-refractivity contribution < 1.29 is 9.18 Å². The highest BCUT2D eigenvalue weighted by atomic mass is 32.2. The number of halogens is 1. The predicted molar refractivity (Wildman–Crippen MR) is 116 cm³/mol. The molecule has 2 atom stereocenters. The second kappa shape index (κ2) is 8.11. The number of hydrogen-bond donors (Lipinski definition) is 2. The summed E-state index contributed by atoms with van der Waals surface area (Å²) < 4.78 is 13.9. The second-order valence-electron chi connectivity index (χ2n) is 7.54. The molecule has 8 heteroatoms. The van der Waals surface area contributed by atoms with Gasteiger partial charge in [0.25, 0.3) is 5.56 Å². The van der Waals surface area contributed by atoms with Crippen molar-refractivity contribution in [2.24, 2.45) is 5.92 Å². The molecule has 0 amide bonds. The number of nitrogens with one attached hydrogen (secondary N) is 2. The SMILES string of the molecule is O=C1CCC=C2Nc3nc(SCc4ccccc4F)[nH]c(=O)c3[C@H](c3ccncc3)[C@@H]12. The number of nitrogens with zero attached hydrogens (tertiary/aromatic N) is 2. The van der Waals surface area contributed by atoms with Crippen LogP contribution in [0, 0.1) is 11.7 Å². The van der Waals surface area contributed by atoms with E-state index in [1.54, 1.807) is 30.6 Å². The van der Waals surface area contributed by atoms with Gasteiger partial charge in [0.15, 0.2) is 5.16 Å². The first-order valence-electron chi connectivity index (χ1n) is 10.0. The summed E-state index contributed by atoms with van der Waals surface area (Å²) in [5, 5.41) is 3.62. The van der Waals surface area contributed by atoms with Gasteiger partial charge in [0.05, 0.1) is 11.5 Å². The quantitative estimate of drug-likeness (QED) is 0.476. The molecule has 0 spiro atoms. The van der Waals surface area contributed by atoms with E-state index in [2.05, 4.69) is 20.3 Å². The fourth-order valence-corrected chi connectivity index (χ4v) is 5.08. The van der Waals surface area contributed by atoms with Crippen LogP contribution in [0.1, 0.15) is 35.4 Å². The molecule has 1 aliphatic heterocycles. The molecular formula is C23H19FN4O2S. The number of thioether (sulfide) groups is 1. The van der Waals surface area contributed by atoms with Crippen molar-refractivity contribution in [3.63, 3.8) is 0 Å². The fraction of sp³-hybridized carbons (Fsp3) is 0.217. The number of carbonyl (C=O) groups excluding carboxylic acids is 1. The van der Waals surface area contributed by atoms with Crippen molar-refractivity contribution in [3.05, 3.63) is 93.4 Å². The molecule has 0 unspecified atom stereocenters. The Morgan fingerprint density at radius 2 is 1.90 bits per heavy atom. The Labute approximate surface area is 182 Å². The number of Topliss-reactive ketones (excluding diaryl/α,β-unsaturated/α-hetero) is 1. The van der Waals surface area contributed by atoms with Crippen molar-refractivity contribution >= 4 is 23.4 Å². The number of pyridine rings is 1. The van der Waals surface area contributed by atoms with Crippen LogP contribution in [0.15, 0.2) is 70.5 Å². The number of ketones is 1. The van der Waals surface area contributed by atoms with E-state index in [-0.39, 0.29) is 17.2 Å². The van der Waals surface area contributed by atoms with Gasteiger partial charge >= 0.3 is 0 Å². The highest BCUT2D eigenvalue weighted by molar-refractivity contribution is 7.98. The molecule has 0 radical (unpaired) electrons. The first-order chi connectivity index (χ1) is 15.1. The van der Waals surface area contributed by atoms with Crippen LogP contribution in [-0.4, -0.2) is 20.7 Å². The summed E-state index contributed by atoms with van der Waals surface area (Å²) in [4.78, 5) is 37.5. The molecule has 3 heterocycles. The lowest BCUT2D eigenvalue weighted by molar-refractivity contribution is -0.122. The number of rotatable bonds is 4. The van der Waals surface area contributed by atoms with E-state index < -0.39 is 11.8 Å². The van der Waals surface area contributed by atoms with Gasteiger partial charge in [-0.3, -0.25) is 14.6 Å². The summed E-state index contributed by atoms with van der Waals surface area (Å²) in [5.41, 5.74) is 2.32. The van der Waals surface area contributed by atoms with Crippen molar-refractivity contribution in [1.82, 2.24) is 15.0 Å². The number of aromatic amines is 1. The molecule has 0 saturated carbocycles. The molecule has 0 saturated heterocycles. The Bertz CT molecular complexity index is 1240. The van der Waals surface area contributed by atoms with E-state index in [9.17, 15) is 14.0 Å². The Kier molecular flexibility index (Phi) is 5.15. The minimum atomic E-state index is -0.441. The smallest absolute Gasteiger partial charge is 0.257 e. The molecule has 2 N–H and O–H groups in total. The average molecular weight is 434 g/mol. The van der Waals surface area contributed by atoms with Crippen LogP contribution in [0.25, 0.3) is 0 Å². The predicted octanol–water partition coefficient (Wildman–Crippen LogP) is 4.02. The van der Waals surface area contributed by atoms with Crippen LogP contribution in [0.4, 0.5) is 10.2 Å². The van der Waals surface area contributed by atoms with Gasteiger partial charge in [-0.2, -0.15) is 0 Å². The minimum absolute atomic E-state index is 0.106. The van der Waals surface area contributed by atoms with Gasteiger partial charge in [0.1, 0.15) is 17.4 Å². The number of anilines is 1. The average Bonchev–Trinajstić information content (AvgIpc) is 2.78. The molecule has 3 aromatic rings. The normalized spacial score (nSPS) is 19.8. The van der Waals surface area contributed by atoms with E-state index in [0.29, 0.717) is 40.7 Å². The zero-order valence-electron chi connectivity index (χ0n) is 16.5. The molecule has 0 bridgehead atoms. The summed E-state index contributed by atoms with van der Waals surface area (Å²) in [7, 11) is 0. The van der Waals surface area contributed by atoms with Gasteiger partial charge in [0, 0.05) is 36.2 Å². The van der Waals surface area contributed by atoms with E-state index in [1.807, 2.05) is 18.2 Å². The Hall–Kier alpha value is -3.26. The molecule has 31 heavy (non-hydrogen) atoms. The molecule has 2 aromatic heterocycles. The maximum Gasteiger partial charge on any atom is 0.257 e. The number of aromatic nitrogens is 3. The van der Waals surface area contributed by atoms with Gasteiger partial charge in [0.2, 0.25) is 0 Å². The lowest BCUT2D eigenvalue weighted by Crippen LogP contribution is -2.38. The largest absolute Gasteiger partial charge is 0.343 e. The number of fused-ring (bicyclic) bond motifs is 2. The van der Waals surface area contributed by atoms with E-state index >= 15 is 0 Å². The van der Waals surface area contributed by atoms with Crippen LogP contribution in [-0.2, 0) is 10.5 Å². The van der Waals surface area contributed by atoms with Crippen LogP contribution < -0.4 is 10.9 Å². The topological polar surface area (TPSA) is 87.7 Å². The minimum Gasteiger partial charge on any atom is -0.343 e. The molecule has 156 valence electrons. The van der Waals surface area contributed by atoms with Gasteiger partial charge < -0.3 is 10.3 Å².